The smallest absolute Gasteiger partial charge is 0.305 e. The van der Waals surface area contributed by atoms with E-state index >= 15 is 0 Å². The molecule has 0 bridgehead atoms. The third kappa shape index (κ3) is 121. The number of esters is 6. The fourth-order valence-corrected chi connectivity index (χ4v) is 15.4. The number of carbonyl (C=O) groups is 6. The van der Waals surface area contributed by atoms with Crippen LogP contribution in [0.2, 0.25) is 0 Å². The van der Waals surface area contributed by atoms with Crippen molar-refractivity contribution in [2.45, 2.75) is 549 Å². The summed E-state index contributed by atoms with van der Waals surface area (Å²) in [5, 5.41) is 79.2. The summed E-state index contributed by atoms with van der Waals surface area (Å²) in [4.78, 5) is 68.8. The number of ether oxygens (including phenoxy) is 8. The van der Waals surface area contributed by atoms with E-state index in [1.807, 2.05) is 41.5 Å². The van der Waals surface area contributed by atoms with Gasteiger partial charge in [-0.3, -0.25) is 28.8 Å². The van der Waals surface area contributed by atoms with Gasteiger partial charge in [0, 0.05) is 133 Å². The van der Waals surface area contributed by atoms with Gasteiger partial charge in [0.15, 0.2) is 0 Å². The van der Waals surface area contributed by atoms with E-state index in [1.165, 1.54) is 283 Å². The van der Waals surface area contributed by atoms with Crippen molar-refractivity contribution < 1.29 is 113 Å². The number of rotatable bonds is 99. The quantitative estimate of drug-likeness (QED) is 0.00898. The number of epoxide rings is 2. The Bertz CT molecular complexity index is 2650. The fraction of sp³-hybridized carbons (Fsp3) is 0.883. The second-order valence-corrected chi connectivity index (χ2v) is 41.3. The van der Waals surface area contributed by atoms with Crippen LogP contribution in [0, 0.1) is 35.5 Å². The molecule has 10 atom stereocenters. The van der Waals surface area contributed by atoms with Gasteiger partial charge in [0.1, 0.15) is 0 Å². The van der Waals surface area contributed by atoms with Crippen LogP contribution in [0.1, 0.15) is 525 Å². The number of hydrogen-bond acceptors (Lipinski definition) is 23. The van der Waals surface area contributed by atoms with Gasteiger partial charge < -0.3 is 83.9 Å². The van der Waals surface area contributed by atoms with E-state index in [1.54, 1.807) is 0 Å². The summed E-state index contributed by atoms with van der Waals surface area (Å²) in [5.41, 5.74) is 0. The van der Waals surface area contributed by atoms with Crippen LogP contribution < -0.4 is 0 Å². The lowest BCUT2D eigenvalue weighted by Crippen LogP contribution is -2.14. The Hall–Kier alpha value is -4.66. The maximum absolute atomic E-state index is 11.5. The molecule has 0 saturated carbocycles. The first kappa shape index (κ1) is 145. The van der Waals surface area contributed by atoms with Crippen LogP contribution in [-0.4, -0.2) is 205 Å². The van der Waals surface area contributed by atoms with Gasteiger partial charge in [0.2, 0.25) is 0 Å². The number of carbonyl (C=O) groups excluding carboxylic acids is 6. The molecule has 0 aromatic rings. The highest BCUT2D eigenvalue weighted by Crippen LogP contribution is 2.34. The van der Waals surface area contributed by atoms with Crippen LogP contribution >= 0.6 is 0 Å². The van der Waals surface area contributed by atoms with Crippen molar-refractivity contribution in [2.24, 2.45) is 35.5 Å². The zero-order valence-electron chi connectivity index (χ0n) is 93.7. The minimum absolute atomic E-state index is 0.0259. The summed E-state index contributed by atoms with van der Waals surface area (Å²) >= 11 is 0. The maximum Gasteiger partial charge on any atom is 0.305 e. The van der Waals surface area contributed by atoms with Crippen LogP contribution in [0.25, 0.3) is 0 Å². The maximum atomic E-state index is 11.5. The highest BCUT2D eigenvalue weighted by Gasteiger charge is 2.38. The van der Waals surface area contributed by atoms with Crippen molar-refractivity contribution in [1.82, 2.24) is 0 Å². The number of aliphatic hydroxyl groups excluding tert-OH is 9. The second-order valence-electron chi connectivity index (χ2n) is 41.3. The summed E-state index contributed by atoms with van der Waals surface area (Å²) in [6, 6.07) is 0. The van der Waals surface area contributed by atoms with Crippen molar-refractivity contribution in [2.75, 3.05) is 99.1 Å². The molecule has 2 aliphatic rings. The SMILES string of the molecule is CC(CO)COC(=O)CCCCCCC/C=C/CCCCCCO.CC(CO)COC(=O)CCCCCCC/C=C\CCCCCCO.CC(CO)COC(=O)CCCCCCCC1OC1CCCCCCO.CCCCCC/C=C/CCCCCCCC(=O)OCC(C)CO.CCCCCC/C=C\CCCCCCCC(=O)OCC(C)CO.CCCCCCC1OC1CCCCCCCC(=O)OCC(C)CO. The molecule has 0 aromatic carbocycles. The van der Waals surface area contributed by atoms with E-state index in [0.717, 1.165) is 141 Å². The topological polar surface area (TPSA) is 365 Å². The Labute approximate surface area is 875 Å². The molecular weight excluding hydrogens is 1810 g/mol. The molecule has 2 fully saturated rings. The lowest BCUT2D eigenvalue weighted by Gasteiger charge is -2.08. The van der Waals surface area contributed by atoms with E-state index in [4.69, 9.17) is 83.9 Å². The van der Waals surface area contributed by atoms with Crippen molar-refractivity contribution in [3.8, 4) is 0 Å². The van der Waals surface area contributed by atoms with E-state index in [9.17, 15) is 28.8 Å². The largest absolute Gasteiger partial charge is 0.465 e. The second kappa shape index (κ2) is 119. The van der Waals surface area contributed by atoms with Gasteiger partial charge in [0.05, 0.1) is 64.1 Å². The molecule has 0 radical (unpaired) electrons. The predicted octanol–water partition coefficient (Wildman–Crippen LogP) is 27.8. The highest BCUT2D eigenvalue weighted by atomic mass is 16.6. The van der Waals surface area contributed by atoms with E-state index < -0.39 is 0 Å². The van der Waals surface area contributed by atoms with E-state index in [2.05, 4.69) is 69.4 Å². The van der Waals surface area contributed by atoms with Gasteiger partial charge in [-0.2, -0.15) is 0 Å². The van der Waals surface area contributed by atoms with Gasteiger partial charge in [-0.05, 0) is 186 Å². The lowest BCUT2D eigenvalue weighted by atomic mass is 10.0. The Morgan fingerprint density at radius 1 is 0.196 bits per heavy atom. The zero-order valence-corrected chi connectivity index (χ0v) is 93.7. The normalized spacial score (nSPS) is 15.4. The molecule has 10 unspecified atom stereocenters. The molecule has 0 aromatic heterocycles. The van der Waals surface area contributed by atoms with Crippen molar-refractivity contribution in [3.05, 3.63) is 48.6 Å². The third-order valence-electron chi connectivity index (χ3n) is 25.6. The average molecular weight is 2040 g/mol. The monoisotopic (exact) mass is 2040 g/mol. The van der Waals surface area contributed by atoms with Crippen molar-refractivity contribution >= 4 is 35.8 Å². The van der Waals surface area contributed by atoms with Gasteiger partial charge in [0.25, 0.3) is 0 Å². The average Bonchev–Trinajstić information content (AvgIpc) is 1.71. The molecular formula is C120H228O23. The van der Waals surface area contributed by atoms with Crippen LogP contribution in [-0.2, 0) is 66.7 Å². The number of allylic oxidation sites excluding steroid dienone is 8. The fourth-order valence-electron chi connectivity index (χ4n) is 15.4. The van der Waals surface area contributed by atoms with Gasteiger partial charge in [-0.15, -0.1) is 0 Å². The van der Waals surface area contributed by atoms with Crippen LogP contribution in [0.15, 0.2) is 48.6 Å². The first-order chi connectivity index (χ1) is 69.6. The molecule has 0 spiro atoms. The predicted molar refractivity (Wildman–Crippen MR) is 588 cm³/mol. The highest BCUT2D eigenvalue weighted by molar-refractivity contribution is 5.71. The third-order valence-corrected chi connectivity index (χ3v) is 25.6. The molecule has 846 valence electrons. The Balaban J connectivity index is -0.000000811. The van der Waals surface area contributed by atoms with Crippen molar-refractivity contribution in [1.29, 1.82) is 0 Å². The Morgan fingerprint density at radius 2 is 0.329 bits per heavy atom. The van der Waals surface area contributed by atoms with Crippen molar-refractivity contribution in [3.63, 3.8) is 0 Å². The molecule has 2 saturated heterocycles. The number of unbranched alkanes of at least 4 members (excludes halogenated alkanes) is 50. The summed E-state index contributed by atoms with van der Waals surface area (Å²) < 4.78 is 42.0. The molecule has 0 aliphatic carbocycles. The first-order valence-electron chi connectivity index (χ1n) is 59.0. The molecule has 23 nitrogen and oxygen atoms in total. The summed E-state index contributed by atoms with van der Waals surface area (Å²) in [7, 11) is 0. The Morgan fingerprint density at radius 3 is 0.483 bits per heavy atom. The van der Waals surface area contributed by atoms with Crippen LogP contribution in [0.3, 0.4) is 0 Å². The lowest BCUT2D eigenvalue weighted by molar-refractivity contribution is -0.146. The van der Waals surface area contributed by atoms with Gasteiger partial charge >= 0.3 is 35.8 Å². The summed E-state index contributed by atoms with van der Waals surface area (Å²) in [5.74, 6) is -0.613. The molecule has 23 heteroatoms. The Kier molecular flexibility index (Phi) is 121. The molecule has 0 amide bonds. The van der Waals surface area contributed by atoms with Gasteiger partial charge in [-0.25, -0.2) is 0 Å². The van der Waals surface area contributed by atoms with E-state index in [0.29, 0.717) is 122 Å². The minimum Gasteiger partial charge on any atom is -0.465 e. The summed E-state index contributed by atoms with van der Waals surface area (Å²) in [6.07, 6.45) is 101. The standard InChI is InChI=1S/C20H38O5.3C20H38O4.2C20H38O3/c1-17(15-22)16-24-20(23)13-9-4-2-3-7-11-18-19(25-18)12-8-5-6-10-14-21;1-3-4-5-9-12-18-19(24-18)13-10-7-6-8-11-14-20(22)23-16-17(2)15-21;2*1-19(17-22)18-24-20(23)15-13-11-9-7-5-3-2-4-6-8-10-12-14-16-21;2*1-3-4-5-6-7-8-9-10-11-12-13-14-15-16-20(22)23-18-19(2)17-21/h17-19,21-22H,2-16H2,1H3;17-19,21H,3-16H2,1-2H3;2*2,4,19,21-22H,3,5-18H2,1H3;2*8-9,19,21H,3-7,10-18H2,1-2H3/b;;4-2+;4-2-;9-8+;9-8-. The number of hydrogen-bond donors (Lipinski definition) is 9. The minimum atomic E-state index is -0.145. The molecule has 9 N–H and O–H groups in total. The van der Waals surface area contributed by atoms with Gasteiger partial charge in [-0.1, -0.05) is 348 Å². The molecule has 2 heterocycles. The molecule has 2 aliphatic heterocycles. The molecule has 2 rings (SSSR count). The van der Waals surface area contributed by atoms with Crippen LogP contribution in [0.4, 0.5) is 0 Å². The zero-order chi connectivity index (χ0) is 106. The first-order valence-corrected chi connectivity index (χ1v) is 59.0. The number of aliphatic hydroxyl groups is 9. The van der Waals surface area contributed by atoms with Crippen LogP contribution in [0.5, 0.6) is 0 Å². The molecule has 143 heavy (non-hydrogen) atoms. The van der Waals surface area contributed by atoms with E-state index in [-0.39, 0.29) is 111 Å². The summed E-state index contributed by atoms with van der Waals surface area (Å²) in [6.45, 7) is 21.2.